The van der Waals surface area contributed by atoms with Crippen LogP contribution in [0.3, 0.4) is 0 Å². The fraction of sp³-hybridized carbons (Fsp3) is 0.750. The maximum atomic E-state index is 12.9. The van der Waals surface area contributed by atoms with Gasteiger partial charge in [0, 0.05) is 45.1 Å². The molecule has 0 unspecified atom stereocenters. The molecule has 0 radical (unpaired) electrons. The lowest BCUT2D eigenvalue weighted by molar-refractivity contribution is -0.148. The molecule has 2 N–H and O–H groups in total. The van der Waals surface area contributed by atoms with E-state index in [0.29, 0.717) is 25.4 Å². The minimum atomic E-state index is -4.57. The van der Waals surface area contributed by atoms with E-state index >= 15 is 0 Å². The van der Waals surface area contributed by atoms with Crippen molar-refractivity contribution in [3.8, 4) is 0 Å². The van der Waals surface area contributed by atoms with Crippen LogP contribution in [0.1, 0.15) is 37.8 Å². The summed E-state index contributed by atoms with van der Waals surface area (Å²) in [6.45, 7) is 3.09. The topological polar surface area (TPSA) is 97.3 Å². The van der Waals surface area contributed by atoms with Gasteiger partial charge in [-0.05, 0) is 12.3 Å². The van der Waals surface area contributed by atoms with Crippen LogP contribution in [0.5, 0.6) is 0 Å². The fourth-order valence-electron chi connectivity index (χ4n) is 3.55. The van der Waals surface area contributed by atoms with Crippen molar-refractivity contribution in [1.29, 1.82) is 0 Å². The van der Waals surface area contributed by atoms with Crippen LogP contribution in [-0.2, 0) is 28.9 Å². The van der Waals surface area contributed by atoms with Gasteiger partial charge in [0.15, 0.2) is 5.82 Å². The van der Waals surface area contributed by atoms with Crippen LogP contribution in [0.15, 0.2) is 0 Å². The Hall–Kier alpha value is -2.17. The predicted molar refractivity (Wildman–Crippen MR) is 88.0 cm³/mol. The first-order valence-electron chi connectivity index (χ1n) is 8.95. The number of nitrogens with two attached hydrogens (primary N) is 1. The van der Waals surface area contributed by atoms with E-state index in [1.165, 1.54) is 4.90 Å². The first kappa shape index (κ1) is 19.6. The zero-order chi connectivity index (χ0) is 19.8. The highest BCUT2D eigenvalue weighted by Gasteiger charge is 2.40. The number of rotatable bonds is 4. The zero-order valence-corrected chi connectivity index (χ0v) is 15.1. The maximum absolute atomic E-state index is 12.9. The van der Waals surface area contributed by atoms with Gasteiger partial charge in [0.1, 0.15) is 0 Å². The van der Waals surface area contributed by atoms with E-state index in [1.54, 1.807) is 4.90 Å². The van der Waals surface area contributed by atoms with Crippen LogP contribution in [0.4, 0.5) is 13.2 Å². The summed E-state index contributed by atoms with van der Waals surface area (Å²) in [5.74, 6) is -0.749. The number of carbonyl (C=O) groups is 2. The lowest BCUT2D eigenvalue weighted by Gasteiger charge is -2.33. The Morgan fingerprint density at radius 3 is 2.78 bits per heavy atom. The summed E-state index contributed by atoms with van der Waals surface area (Å²) in [5, 5.41) is 6.76. The number of hydrogen-bond donors (Lipinski definition) is 1. The maximum Gasteiger partial charge on any atom is 0.451 e. The molecule has 1 aromatic heterocycles. The van der Waals surface area contributed by atoms with Gasteiger partial charge < -0.3 is 20.1 Å². The van der Waals surface area contributed by atoms with Crippen LogP contribution in [0, 0.1) is 5.92 Å². The molecule has 0 bridgehead atoms. The third-order valence-electron chi connectivity index (χ3n) is 4.99. The summed E-state index contributed by atoms with van der Waals surface area (Å²) in [6.07, 6.45) is -3.20. The smallest absolute Gasteiger partial charge is 0.341 e. The second-order valence-electron chi connectivity index (χ2n) is 7.31. The summed E-state index contributed by atoms with van der Waals surface area (Å²) >= 11 is 0. The largest absolute Gasteiger partial charge is 0.451 e. The average molecular weight is 388 g/mol. The van der Waals surface area contributed by atoms with Crippen molar-refractivity contribution in [1.82, 2.24) is 24.6 Å². The van der Waals surface area contributed by atoms with Gasteiger partial charge in [0.05, 0.1) is 6.54 Å². The Labute approximate surface area is 154 Å². The highest BCUT2D eigenvalue weighted by atomic mass is 19.4. The third kappa shape index (κ3) is 4.40. The summed E-state index contributed by atoms with van der Waals surface area (Å²) in [5.41, 5.74) is 6.05. The van der Waals surface area contributed by atoms with E-state index in [-0.39, 0.29) is 43.7 Å². The van der Waals surface area contributed by atoms with E-state index in [1.807, 2.05) is 0 Å². The Bertz CT molecular complexity index is 719. The Morgan fingerprint density at radius 2 is 2.07 bits per heavy atom. The summed E-state index contributed by atoms with van der Waals surface area (Å²) in [4.78, 5) is 27.5. The predicted octanol–water partition coefficient (Wildman–Crippen LogP) is 0.615. The number of nitrogens with zero attached hydrogens (tertiary/aromatic N) is 5. The molecule has 3 rings (SSSR count). The van der Waals surface area contributed by atoms with Crippen molar-refractivity contribution in [2.75, 3.05) is 19.6 Å². The summed E-state index contributed by atoms with van der Waals surface area (Å²) in [7, 11) is 0. The van der Waals surface area contributed by atoms with E-state index in [2.05, 4.69) is 17.1 Å². The lowest BCUT2D eigenvalue weighted by Crippen LogP contribution is -2.48. The van der Waals surface area contributed by atoms with Gasteiger partial charge in [-0.15, -0.1) is 10.2 Å². The lowest BCUT2D eigenvalue weighted by atomic mass is 9.99. The van der Waals surface area contributed by atoms with Gasteiger partial charge in [0.25, 0.3) is 0 Å². The van der Waals surface area contributed by atoms with Gasteiger partial charge in [-0.3, -0.25) is 9.59 Å². The second-order valence-corrected chi connectivity index (χ2v) is 7.31. The number of alkyl halides is 3. The van der Waals surface area contributed by atoms with Gasteiger partial charge in [-0.1, -0.05) is 6.92 Å². The average Bonchev–Trinajstić information content (AvgIpc) is 3.01. The molecular formula is C16H23F3N6O2. The van der Waals surface area contributed by atoms with Crippen LogP contribution in [0.2, 0.25) is 0 Å². The van der Waals surface area contributed by atoms with Gasteiger partial charge in [-0.25, -0.2) is 0 Å². The normalized spacial score (nSPS) is 22.0. The second kappa shape index (κ2) is 7.45. The minimum absolute atomic E-state index is 0.0136. The molecule has 1 aromatic rings. The number of aromatic nitrogens is 3. The summed E-state index contributed by atoms with van der Waals surface area (Å²) < 4.78 is 39.6. The van der Waals surface area contributed by atoms with Crippen molar-refractivity contribution < 1.29 is 22.8 Å². The Morgan fingerprint density at radius 1 is 1.33 bits per heavy atom. The molecule has 1 saturated heterocycles. The molecule has 0 aromatic carbocycles. The molecule has 11 heteroatoms. The molecule has 2 atom stereocenters. The van der Waals surface area contributed by atoms with E-state index in [9.17, 15) is 22.8 Å². The zero-order valence-electron chi connectivity index (χ0n) is 15.1. The van der Waals surface area contributed by atoms with Crippen LogP contribution >= 0.6 is 0 Å². The number of amides is 2. The molecule has 2 aliphatic rings. The molecule has 2 aliphatic heterocycles. The monoisotopic (exact) mass is 388 g/mol. The van der Waals surface area contributed by atoms with Gasteiger partial charge >= 0.3 is 6.18 Å². The highest BCUT2D eigenvalue weighted by Crippen LogP contribution is 2.29. The first-order valence-corrected chi connectivity index (χ1v) is 8.95. The Balaban J connectivity index is 1.56. The fourth-order valence-corrected chi connectivity index (χ4v) is 3.55. The van der Waals surface area contributed by atoms with Crippen LogP contribution in [0.25, 0.3) is 0 Å². The Kier molecular flexibility index (Phi) is 5.41. The number of piperidine rings is 1. The number of likely N-dealkylation sites (tertiary alicyclic amines) is 1. The standard InChI is InChI=1S/C16H23F3N6O2/c1-10-2-3-13(26)24(7-10)8-11(20)6-14(27)23-4-5-25-12(9-23)21-22-15(25)16(17,18)19/h10-11H,2-9,20H2,1H3/t10-,11+/m1/s1. The third-order valence-corrected chi connectivity index (χ3v) is 4.99. The van der Waals surface area contributed by atoms with Crippen molar-refractivity contribution in [3.63, 3.8) is 0 Å². The van der Waals surface area contributed by atoms with Gasteiger partial charge in [0.2, 0.25) is 17.6 Å². The van der Waals surface area contributed by atoms with Crippen molar-refractivity contribution >= 4 is 11.8 Å². The SMILES string of the molecule is C[C@@H]1CCC(=O)N(C[C@@H](N)CC(=O)N2CCn3c(nnc3C(F)(F)F)C2)C1. The van der Waals surface area contributed by atoms with E-state index in [4.69, 9.17) is 5.73 Å². The molecule has 27 heavy (non-hydrogen) atoms. The molecule has 0 aliphatic carbocycles. The number of halogens is 3. The summed E-state index contributed by atoms with van der Waals surface area (Å²) in [6, 6.07) is -0.516. The quantitative estimate of drug-likeness (QED) is 0.815. The van der Waals surface area contributed by atoms with E-state index in [0.717, 1.165) is 11.0 Å². The number of fused-ring (bicyclic) bond motifs is 1. The first-order chi connectivity index (χ1) is 12.6. The van der Waals surface area contributed by atoms with Gasteiger partial charge in [-0.2, -0.15) is 13.2 Å². The minimum Gasteiger partial charge on any atom is -0.341 e. The number of hydrogen-bond acceptors (Lipinski definition) is 5. The molecule has 0 spiro atoms. The van der Waals surface area contributed by atoms with Crippen molar-refractivity contribution in [2.24, 2.45) is 11.7 Å². The molecule has 3 heterocycles. The van der Waals surface area contributed by atoms with Crippen LogP contribution < -0.4 is 5.73 Å². The molecule has 0 saturated carbocycles. The van der Waals surface area contributed by atoms with Crippen molar-refractivity contribution in [3.05, 3.63) is 11.6 Å². The highest BCUT2D eigenvalue weighted by molar-refractivity contribution is 5.78. The molecule has 2 amide bonds. The molecule has 8 nitrogen and oxygen atoms in total. The molecular weight excluding hydrogens is 365 g/mol. The number of carbonyl (C=O) groups excluding carboxylic acids is 2. The molecule has 150 valence electrons. The van der Waals surface area contributed by atoms with Crippen LogP contribution in [-0.4, -0.2) is 62.1 Å². The molecule has 1 fully saturated rings. The van der Waals surface area contributed by atoms with E-state index < -0.39 is 18.0 Å². The van der Waals surface area contributed by atoms with Crippen molar-refractivity contribution in [2.45, 2.75) is 51.5 Å².